The van der Waals surface area contributed by atoms with Crippen LogP contribution in [0, 0.1) is 9.39 Å². The Morgan fingerprint density at radius 2 is 1.80 bits per heavy atom. The molecule has 0 radical (unpaired) electrons. The molecule has 0 fully saturated rings. The van der Waals surface area contributed by atoms with Crippen LogP contribution in [0.5, 0.6) is 5.75 Å². The van der Waals surface area contributed by atoms with Crippen molar-refractivity contribution in [3.05, 3.63) is 63.0 Å². The fourth-order valence-corrected chi connectivity index (χ4v) is 2.14. The highest BCUT2D eigenvalue weighted by Gasteiger charge is 2.05. The van der Waals surface area contributed by atoms with Gasteiger partial charge in [0.15, 0.2) is 11.6 Å². The van der Waals surface area contributed by atoms with Gasteiger partial charge in [-0.3, -0.25) is 0 Å². The minimum atomic E-state index is -0.314. The lowest BCUT2D eigenvalue weighted by Gasteiger charge is -2.09. The summed E-state index contributed by atoms with van der Waals surface area (Å²) >= 11 is 2.25. The number of rotatable bonds is 6. The zero-order valence-electron chi connectivity index (χ0n) is 11.3. The van der Waals surface area contributed by atoms with Crippen LogP contribution in [0.15, 0.2) is 42.5 Å². The molecule has 0 aliphatic heterocycles. The summed E-state index contributed by atoms with van der Waals surface area (Å²) in [6, 6.07) is 13.1. The third-order valence-corrected chi connectivity index (χ3v) is 3.60. The molecule has 4 heteroatoms. The van der Waals surface area contributed by atoms with Gasteiger partial charge in [-0.25, -0.2) is 4.39 Å². The molecule has 0 bridgehead atoms. The normalized spacial score (nSPS) is 10.6. The Hall–Kier alpha value is -1.14. The van der Waals surface area contributed by atoms with Crippen LogP contribution in [0.2, 0.25) is 0 Å². The van der Waals surface area contributed by atoms with Crippen LogP contribution in [0.1, 0.15) is 18.1 Å². The number of benzene rings is 2. The smallest absolute Gasteiger partial charge is 0.165 e. The Kier molecular flexibility index (Phi) is 5.79. The molecule has 0 aromatic heterocycles. The van der Waals surface area contributed by atoms with Gasteiger partial charge in [0.2, 0.25) is 0 Å². The van der Waals surface area contributed by atoms with Gasteiger partial charge >= 0.3 is 0 Å². The molecule has 0 amide bonds. The largest absolute Gasteiger partial charge is 0.486 e. The molecule has 0 saturated heterocycles. The first-order chi connectivity index (χ1) is 9.69. The summed E-state index contributed by atoms with van der Waals surface area (Å²) in [4.78, 5) is 0. The highest BCUT2D eigenvalue weighted by molar-refractivity contribution is 14.1. The molecule has 0 spiro atoms. The van der Waals surface area contributed by atoms with E-state index in [9.17, 15) is 4.39 Å². The van der Waals surface area contributed by atoms with Gasteiger partial charge in [-0.05, 0) is 64.5 Å². The molecule has 0 heterocycles. The third-order valence-electron chi connectivity index (χ3n) is 2.88. The average Bonchev–Trinajstić information content (AvgIpc) is 2.46. The van der Waals surface area contributed by atoms with E-state index < -0.39 is 0 Å². The van der Waals surface area contributed by atoms with Crippen LogP contribution < -0.4 is 10.1 Å². The van der Waals surface area contributed by atoms with Gasteiger partial charge in [0.1, 0.15) is 6.61 Å². The number of hydrogen-bond acceptors (Lipinski definition) is 2. The maximum absolute atomic E-state index is 13.9. The van der Waals surface area contributed by atoms with Crippen molar-refractivity contribution in [3.63, 3.8) is 0 Å². The first kappa shape index (κ1) is 15.3. The van der Waals surface area contributed by atoms with Gasteiger partial charge in [-0.1, -0.05) is 25.1 Å². The molecule has 0 saturated carbocycles. The Morgan fingerprint density at radius 1 is 1.10 bits per heavy atom. The topological polar surface area (TPSA) is 21.3 Å². The van der Waals surface area contributed by atoms with Crippen molar-refractivity contribution in [2.75, 3.05) is 6.54 Å². The van der Waals surface area contributed by atoms with E-state index in [2.05, 4.69) is 27.9 Å². The van der Waals surface area contributed by atoms with Crippen LogP contribution in [-0.2, 0) is 13.2 Å². The second kappa shape index (κ2) is 7.59. The van der Waals surface area contributed by atoms with Crippen molar-refractivity contribution >= 4 is 22.6 Å². The maximum atomic E-state index is 13.9. The minimum absolute atomic E-state index is 0.295. The Morgan fingerprint density at radius 3 is 2.45 bits per heavy atom. The molecular weight excluding hydrogens is 368 g/mol. The molecule has 20 heavy (non-hydrogen) atoms. The summed E-state index contributed by atoms with van der Waals surface area (Å²) in [5.41, 5.74) is 1.95. The lowest BCUT2D eigenvalue weighted by atomic mass is 10.2. The van der Waals surface area contributed by atoms with E-state index in [0.29, 0.717) is 18.9 Å². The molecule has 0 unspecified atom stereocenters. The zero-order valence-corrected chi connectivity index (χ0v) is 13.5. The Bertz CT molecular complexity index is 557. The predicted molar refractivity (Wildman–Crippen MR) is 87.3 cm³/mol. The van der Waals surface area contributed by atoms with Crippen molar-refractivity contribution in [3.8, 4) is 5.75 Å². The molecule has 106 valence electrons. The molecule has 0 aliphatic carbocycles. The van der Waals surface area contributed by atoms with Crippen LogP contribution >= 0.6 is 22.6 Å². The van der Waals surface area contributed by atoms with Crippen molar-refractivity contribution in [2.24, 2.45) is 0 Å². The summed E-state index contributed by atoms with van der Waals surface area (Å²) in [6.45, 7) is 3.94. The van der Waals surface area contributed by atoms with Crippen LogP contribution in [0.25, 0.3) is 0 Å². The first-order valence-electron chi connectivity index (χ1n) is 6.55. The molecule has 2 aromatic rings. The quantitative estimate of drug-likeness (QED) is 0.756. The summed E-state index contributed by atoms with van der Waals surface area (Å²) in [5.74, 6) is -0.0188. The molecular formula is C16H17FINO. The first-order valence-corrected chi connectivity index (χ1v) is 7.63. The van der Waals surface area contributed by atoms with E-state index >= 15 is 0 Å². The molecule has 2 rings (SSSR count). The number of ether oxygens (including phenoxy) is 1. The summed E-state index contributed by atoms with van der Waals surface area (Å²) in [6.07, 6.45) is 0. The summed E-state index contributed by atoms with van der Waals surface area (Å²) in [5, 5.41) is 3.17. The fourth-order valence-electron chi connectivity index (χ4n) is 1.78. The lowest BCUT2D eigenvalue weighted by Crippen LogP contribution is -2.11. The van der Waals surface area contributed by atoms with Crippen molar-refractivity contribution < 1.29 is 9.13 Å². The highest BCUT2D eigenvalue weighted by Crippen LogP contribution is 2.20. The van der Waals surface area contributed by atoms with Crippen LogP contribution in [-0.4, -0.2) is 6.54 Å². The number of hydrogen-bond donors (Lipinski definition) is 1. The second-order valence-electron chi connectivity index (χ2n) is 4.46. The zero-order chi connectivity index (χ0) is 14.4. The lowest BCUT2D eigenvalue weighted by molar-refractivity contribution is 0.290. The van der Waals surface area contributed by atoms with Gasteiger partial charge in [-0.15, -0.1) is 0 Å². The van der Waals surface area contributed by atoms with Gasteiger partial charge in [0.25, 0.3) is 0 Å². The van der Waals surface area contributed by atoms with Crippen LogP contribution in [0.3, 0.4) is 0 Å². The van der Waals surface area contributed by atoms with E-state index in [-0.39, 0.29) is 5.82 Å². The summed E-state index contributed by atoms with van der Waals surface area (Å²) in [7, 11) is 0. The summed E-state index contributed by atoms with van der Waals surface area (Å²) < 4.78 is 20.6. The minimum Gasteiger partial charge on any atom is -0.486 e. The Balaban J connectivity index is 1.97. The van der Waals surface area contributed by atoms with Gasteiger partial charge in [0, 0.05) is 10.1 Å². The molecule has 2 aromatic carbocycles. The number of halogens is 2. The van der Waals surface area contributed by atoms with Crippen molar-refractivity contribution in [2.45, 2.75) is 20.1 Å². The molecule has 1 N–H and O–H groups in total. The van der Waals surface area contributed by atoms with Crippen LogP contribution in [0.4, 0.5) is 4.39 Å². The van der Waals surface area contributed by atoms with E-state index in [1.807, 2.05) is 37.3 Å². The Labute approximate surface area is 132 Å². The van der Waals surface area contributed by atoms with Crippen molar-refractivity contribution in [1.29, 1.82) is 0 Å². The fraction of sp³-hybridized carbons (Fsp3) is 0.250. The SMILES string of the molecule is CCNCc1ccc(OCc2ccc(I)cc2)c(F)c1. The maximum Gasteiger partial charge on any atom is 0.165 e. The van der Waals surface area contributed by atoms with Gasteiger partial charge in [-0.2, -0.15) is 0 Å². The second-order valence-corrected chi connectivity index (χ2v) is 5.71. The number of nitrogens with one attached hydrogen (secondary N) is 1. The monoisotopic (exact) mass is 385 g/mol. The van der Waals surface area contributed by atoms with E-state index in [4.69, 9.17) is 4.74 Å². The predicted octanol–water partition coefficient (Wildman–Crippen LogP) is 4.12. The van der Waals surface area contributed by atoms with E-state index in [1.54, 1.807) is 6.07 Å². The van der Waals surface area contributed by atoms with E-state index in [1.165, 1.54) is 9.64 Å². The van der Waals surface area contributed by atoms with Crippen molar-refractivity contribution in [1.82, 2.24) is 5.32 Å². The molecule has 0 aliphatic rings. The standard InChI is InChI=1S/C16H17FINO/c1-2-19-10-13-5-8-16(15(17)9-13)20-11-12-3-6-14(18)7-4-12/h3-9,19H,2,10-11H2,1H3. The molecule has 0 atom stereocenters. The third kappa shape index (κ3) is 4.45. The van der Waals surface area contributed by atoms with Gasteiger partial charge < -0.3 is 10.1 Å². The molecule has 2 nitrogen and oxygen atoms in total. The average molecular weight is 385 g/mol. The van der Waals surface area contributed by atoms with Gasteiger partial charge in [0.05, 0.1) is 0 Å². The van der Waals surface area contributed by atoms with E-state index in [0.717, 1.165) is 17.7 Å². The highest BCUT2D eigenvalue weighted by atomic mass is 127.